The topological polar surface area (TPSA) is 54.0 Å². The highest BCUT2D eigenvalue weighted by Crippen LogP contribution is 2.40. The van der Waals surface area contributed by atoms with Gasteiger partial charge in [0.25, 0.3) is 5.91 Å². The molecule has 4 heteroatoms. The Morgan fingerprint density at radius 2 is 2.10 bits per heavy atom. The van der Waals surface area contributed by atoms with Crippen LogP contribution in [0.25, 0.3) is 10.9 Å². The van der Waals surface area contributed by atoms with Crippen LogP contribution < -0.4 is 10.6 Å². The number of rotatable bonds is 5. The Morgan fingerprint density at radius 3 is 2.81 bits per heavy atom. The number of fused-ring (bicyclic) bond motifs is 1. The predicted octanol–water partition coefficient (Wildman–Crippen LogP) is 2.37. The Labute approximate surface area is 125 Å². The summed E-state index contributed by atoms with van der Waals surface area (Å²) in [5.74, 6) is 0.532. The number of aromatic nitrogens is 1. The highest BCUT2D eigenvalue weighted by molar-refractivity contribution is 6.06. The fourth-order valence-electron chi connectivity index (χ4n) is 2.53. The van der Waals surface area contributed by atoms with Gasteiger partial charge in [0.05, 0.1) is 11.1 Å². The van der Waals surface area contributed by atoms with E-state index < -0.39 is 0 Å². The number of hydrogen-bond donors (Lipinski definition) is 2. The highest BCUT2D eigenvalue weighted by atomic mass is 16.1. The summed E-state index contributed by atoms with van der Waals surface area (Å²) >= 11 is 0. The summed E-state index contributed by atoms with van der Waals surface area (Å²) in [4.78, 5) is 17.2. The first-order valence-corrected chi connectivity index (χ1v) is 7.53. The fraction of sp³-hybridized carbons (Fsp3) is 0.412. The summed E-state index contributed by atoms with van der Waals surface area (Å²) in [5, 5.41) is 6.95. The highest BCUT2D eigenvalue weighted by Gasteiger charge is 2.26. The molecule has 1 aliphatic carbocycles. The molecule has 4 nitrogen and oxygen atoms in total. The number of carbonyl (C=O) groups is 1. The van der Waals surface area contributed by atoms with Crippen molar-refractivity contribution in [2.24, 2.45) is 0 Å². The maximum Gasteiger partial charge on any atom is 0.252 e. The minimum absolute atomic E-state index is 0.00912. The number of aryl methyl sites for hydroxylation is 1. The summed E-state index contributed by atoms with van der Waals surface area (Å²) in [7, 11) is 1.88. The second-order valence-corrected chi connectivity index (χ2v) is 5.75. The fourth-order valence-corrected chi connectivity index (χ4v) is 2.53. The first-order valence-electron chi connectivity index (χ1n) is 7.53. The van der Waals surface area contributed by atoms with Crippen molar-refractivity contribution in [3.63, 3.8) is 0 Å². The third-order valence-electron chi connectivity index (χ3n) is 3.88. The van der Waals surface area contributed by atoms with Crippen molar-refractivity contribution in [2.75, 3.05) is 20.1 Å². The molecule has 1 amide bonds. The van der Waals surface area contributed by atoms with Crippen molar-refractivity contribution in [1.29, 1.82) is 0 Å². The lowest BCUT2D eigenvalue weighted by molar-refractivity contribution is 0.0955. The molecule has 3 rings (SSSR count). The Kier molecular flexibility index (Phi) is 3.88. The maximum atomic E-state index is 12.5. The third kappa shape index (κ3) is 3.05. The van der Waals surface area contributed by atoms with E-state index in [2.05, 4.69) is 16.7 Å². The second-order valence-electron chi connectivity index (χ2n) is 5.75. The van der Waals surface area contributed by atoms with Crippen LogP contribution >= 0.6 is 0 Å². The van der Waals surface area contributed by atoms with Gasteiger partial charge in [0.1, 0.15) is 0 Å². The minimum atomic E-state index is -0.00912. The number of carbonyl (C=O) groups excluding carboxylic acids is 1. The van der Waals surface area contributed by atoms with Crippen LogP contribution in [-0.4, -0.2) is 31.0 Å². The summed E-state index contributed by atoms with van der Waals surface area (Å²) in [6.45, 7) is 3.43. The van der Waals surface area contributed by atoms with Crippen molar-refractivity contribution in [2.45, 2.75) is 25.7 Å². The van der Waals surface area contributed by atoms with Crippen molar-refractivity contribution >= 4 is 16.8 Å². The molecule has 0 spiro atoms. The molecule has 110 valence electrons. The normalized spacial score (nSPS) is 14.4. The Balaban J connectivity index is 2.00. The van der Waals surface area contributed by atoms with Gasteiger partial charge in [0.2, 0.25) is 0 Å². The smallest absolute Gasteiger partial charge is 0.252 e. The molecule has 0 saturated heterocycles. The van der Waals surface area contributed by atoms with Crippen LogP contribution in [0.4, 0.5) is 0 Å². The molecular formula is C17H21N3O. The molecular weight excluding hydrogens is 262 g/mol. The van der Waals surface area contributed by atoms with Gasteiger partial charge in [-0.3, -0.25) is 9.78 Å². The van der Waals surface area contributed by atoms with E-state index >= 15 is 0 Å². The van der Waals surface area contributed by atoms with Crippen LogP contribution in [-0.2, 0) is 0 Å². The van der Waals surface area contributed by atoms with E-state index in [-0.39, 0.29) is 5.91 Å². The van der Waals surface area contributed by atoms with Crippen molar-refractivity contribution < 1.29 is 4.79 Å². The monoisotopic (exact) mass is 283 g/mol. The lowest BCUT2D eigenvalue weighted by Gasteiger charge is -2.10. The van der Waals surface area contributed by atoms with E-state index in [4.69, 9.17) is 4.98 Å². The molecule has 0 radical (unpaired) electrons. The van der Waals surface area contributed by atoms with E-state index in [0.29, 0.717) is 12.5 Å². The van der Waals surface area contributed by atoms with Gasteiger partial charge in [-0.25, -0.2) is 0 Å². The number of nitrogens with one attached hydrogen (secondary N) is 2. The summed E-state index contributed by atoms with van der Waals surface area (Å²) in [5.41, 5.74) is 3.88. The number of likely N-dealkylation sites (N-methyl/N-ethyl adjacent to an activating group) is 1. The first kappa shape index (κ1) is 14.0. The van der Waals surface area contributed by atoms with E-state index in [9.17, 15) is 4.79 Å². The molecule has 1 aromatic carbocycles. The Bertz CT molecular complexity index is 677. The standard InChI is InChI=1S/C17H21N3O/c1-11-3-6-15-13(9-11)14(17(21)19-8-7-18-2)10-16(20-15)12-4-5-12/h3,6,9-10,12,18H,4-5,7-8H2,1-2H3,(H,19,21). The zero-order chi connectivity index (χ0) is 14.8. The van der Waals surface area contributed by atoms with Gasteiger partial charge in [0.15, 0.2) is 0 Å². The van der Waals surface area contributed by atoms with Crippen LogP contribution in [0.5, 0.6) is 0 Å². The summed E-state index contributed by atoms with van der Waals surface area (Å²) in [6, 6.07) is 8.09. The molecule has 1 aromatic heterocycles. The minimum Gasteiger partial charge on any atom is -0.351 e. The molecule has 1 heterocycles. The molecule has 0 aliphatic heterocycles. The van der Waals surface area contributed by atoms with Crippen molar-refractivity contribution in [1.82, 2.24) is 15.6 Å². The molecule has 2 aromatic rings. The van der Waals surface area contributed by atoms with Crippen molar-refractivity contribution in [3.05, 3.63) is 41.1 Å². The zero-order valence-electron chi connectivity index (χ0n) is 12.6. The van der Waals surface area contributed by atoms with E-state index in [1.54, 1.807) is 0 Å². The van der Waals surface area contributed by atoms with E-state index in [1.807, 2.05) is 32.2 Å². The number of benzene rings is 1. The molecule has 21 heavy (non-hydrogen) atoms. The maximum absolute atomic E-state index is 12.5. The molecule has 1 saturated carbocycles. The molecule has 1 aliphatic rings. The average molecular weight is 283 g/mol. The van der Waals surface area contributed by atoms with Gasteiger partial charge < -0.3 is 10.6 Å². The van der Waals surface area contributed by atoms with Crippen LogP contribution in [0.3, 0.4) is 0 Å². The van der Waals surface area contributed by atoms with Crippen LogP contribution in [0.2, 0.25) is 0 Å². The molecule has 0 atom stereocenters. The number of hydrogen-bond acceptors (Lipinski definition) is 3. The number of amides is 1. The molecule has 2 N–H and O–H groups in total. The number of pyridine rings is 1. The van der Waals surface area contributed by atoms with Crippen LogP contribution in [0.1, 0.15) is 40.4 Å². The Morgan fingerprint density at radius 1 is 1.29 bits per heavy atom. The quantitative estimate of drug-likeness (QED) is 0.828. The molecule has 1 fully saturated rings. The molecule has 0 unspecified atom stereocenters. The van der Waals surface area contributed by atoms with E-state index in [1.165, 1.54) is 12.8 Å². The van der Waals surface area contributed by atoms with Crippen molar-refractivity contribution in [3.8, 4) is 0 Å². The lowest BCUT2D eigenvalue weighted by Crippen LogP contribution is -2.30. The Hall–Kier alpha value is -1.94. The van der Waals surface area contributed by atoms with Gasteiger partial charge in [-0.15, -0.1) is 0 Å². The predicted molar refractivity (Wildman–Crippen MR) is 84.7 cm³/mol. The second kappa shape index (κ2) is 5.82. The lowest BCUT2D eigenvalue weighted by atomic mass is 10.0. The molecule has 0 bridgehead atoms. The first-order chi connectivity index (χ1) is 10.2. The van der Waals surface area contributed by atoms with Gasteiger partial charge in [0, 0.05) is 30.1 Å². The van der Waals surface area contributed by atoms with Gasteiger partial charge in [-0.1, -0.05) is 11.6 Å². The van der Waals surface area contributed by atoms with E-state index in [0.717, 1.165) is 34.3 Å². The van der Waals surface area contributed by atoms with Gasteiger partial charge in [-0.05, 0) is 45.0 Å². The largest absolute Gasteiger partial charge is 0.351 e. The number of nitrogens with zero attached hydrogens (tertiary/aromatic N) is 1. The third-order valence-corrected chi connectivity index (χ3v) is 3.88. The van der Waals surface area contributed by atoms with Crippen LogP contribution in [0.15, 0.2) is 24.3 Å². The zero-order valence-corrected chi connectivity index (χ0v) is 12.6. The summed E-state index contributed by atoms with van der Waals surface area (Å²) < 4.78 is 0. The van der Waals surface area contributed by atoms with Gasteiger partial charge >= 0.3 is 0 Å². The summed E-state index contributed by atoms with van der Waals surface area (Å²) in [6.07, 6.45) is 2.37. The SMILES string of the molecule is CNCCNC(=O)c1cc(C2CC2)nc2ccc(C)cc12. The van der Waals surface area contributed by atoms with Crippen LogP contribution in [0, 0.1) is 6.92 Å². The average Bonchev–Trinajstić information content (AvgIpc) is 3.31. The van der Waals surface area contributed by atoms with Gasteiger partial charge in [-0.2, -0.15) is 0 Å².